The molecule has 0 saturated heterocycles. The number of amides is 1. The molecule has 1 amide bonds. The Hall–Kier alpha value is -1.13. The summed E-state index contributed by atoms with van der Waals surface area (Å²) >= 11 is 2.00. The fourth-order valence-corrected chi connectivity index (χ4v) is 8.78. The Morgan fingerprint density at radius 2 is 1.93 bits per heavy atom. The predicted molar refractivity (Wildman–Crippen MR) is 121 cm³/mol. The van der Waals surface area contributed by atoms with E-state index < -0.39 is 0 Å². The summed E-state index contributed by atoms with van der Waals surface area (Å²) in [5, 5.41) is 0.633. The number of carbonyl (C=O) groups is 1. The lowest BCUT2D eigenvalue weighted by Gasteiger charge is -2.42. The van der Waals surface area contributed by atoms with Crippen LogP contribution in [0.1, 0.15) is 56.9 Å². The van der Waals surface area contributed by atoms with Crippen LogP contribution in [0, 0.1) is 29.1 Å². The second-order valence-electron chi connectivity index (χ2n) is 10.3. The van der Waals surface area contributed by atoms with Gasteiger partial charge >= 0.3 is 0 Å². The summed E-state index contributed by atoms with van der Waals surface area (Å²) in [7, 11) is 0. The lowest BCUT2D eigenvalue weighted by atomic mass is 9.63. The Kier molecular flexibility index (Phi) is 5.14. The number of nitrogens with zero attached hydrogens (tertiary/aromatic N) is 1. The van der Waals surface area contributed by atoms with Gasteiger partial charge in [0, 0.05) is 11.5 Å². The average Bonchev–Trinajstić information content (AvgIpc) is 3.14. The van der Waals surface area contributed by atoms with E-state index in [4.69, 9.17) is 5.73 Å². The van der Waals surface area contributed by atoms with Crippen molar-refractivity contribution >= 4 is 23.9 Å². The van der Waals surface area contributed by atoms with Crippen molar-refractivity contribution in [3.63, 3.8) is 0 Å². The first-order valence-electron chi connectivity index (χ1n) is 11.5. The van der Waals surface area contributed by atoms with Gasteiger partial charge in [-0.05, 0) is 98.8 Å². The number of hydrogen-bond donors (Lipinski definition) is 1. The number of benzene rings is 1. The molecule has 5 atom stereocenters. The highest BCUT2D eigenvalue weighted by Crippen LogP contribution is 2.72. The number of thioether (sulfide) groups is 1. The van der Waals surface area contributed by atoms with Crippen molar-refractivity contribution in [2.45, 2.75) is 62.0 Å². The van der Waals surface area contributed by atoms with E-state index in [1.807, 2.05) is 18.0 Å². The number of carbonyl (C=O) groups excluding carboxylic acids is 1. The van der Waals surface area contributed by atoms with Crippen molar-refractivity contribution in [2.75, 3.05) is 12.8 Å². The van der Waals surface area contributed by atoms with Gasteiger partial charge in [-0.3, -0.25) is 4.79 Å². The third-order valence-electron chi connectivity index (χ3n) is 8.83. The van der Waals surface area contributed by atoms with Gasteiger partial charge < -0.3 is 5.73 Å². The maximum absolute atomic E-state index is 13.6. The Balaban J connectivity index is 1.38. The van der Waals surface area contributed by atoms with Gasteiger partial charge in [0.15, 0.2) is 0 Å². The molecule has 3 nitrogen and oxygen atoms in total. The molecule has 0 aliphatic heterocycles. The summed E-state index contributed by atoms with van der Waals surface area (Å²) in [4.78, 5) is 18.2. The van der Waals surface area contributed by atoms with E-state index in [9.17, 15) is 4.79 Å². The van der Waals surface area contributed by atoms with Gasteiger partial charge in [0.25, 0.3) is 5.91 Å². The van der Waals surface area contributed by atoms with Crippen molar-refractivity contribution in [3.8, 4) is 0 Å². The van der Waals surface area contributed by atoms with Crippen LogP contribution in [0.2, 0.25) is 0 Å². The second kappa shape index (κ2) is 7.53. The monoisotopic (exact) mass is 410 g/mol. The highest BCUT2D eigenvalue weighted by atomic mass is 32.2. The van der Waals surface area contributed by atoms with Crippen LogP contribution in [0.15, 0.2) is 35.3 Å². The first kappa shape index (κ1) is 19.8. The van der Waals surface area contributed by atoms with Crippen molar-refractivity contribution in [1.29, 1.82) is 0 Å². The number of nitrogens with two attached hydrogens (primary N) is 1. The number of hydrogen-bond acceptors (Lipinski definition) is 3. The van der Waals surface area contributed by atoms with Gasteiger partial charge in [-0.2, -0.15) is 11.8 Å². The van der Waals surface area contributed by atoms with Gasteiger partial charge in [0.2, 0.25) is 0 Å². The van der Waals surface area contributed by atoms with E-state index in [0.717, 1.165) is 32.2 Å². The molecule has 5 saturated carbocycles. The van der Waals surface area contributed by atoms with Crippen LogP contribution in [0.3, 0.4) is 0 Å². The summed E-state index contributed by atoms with van der Waals surface area (Å²) in [5.41, 5.74) is 7.27. The van der Waals surface area contributed by atoms with Crippen molar-refractivity contribution < 1.29 is 4.79 Å². The van der Waals surface area contributed by atoms with Crippen LogP contribution in [-0.4, -0.2) is 30.2 Å². The Labute approximate surface area is 179 Å². The average molecular weight is 411 g/mol. The van der Waals surface area contributed by atoms with E-state index in [-0.39, 0.29) is 16.7 Å². The molecule has 0 radical (unpaired) electrons. The van der Waals surface area contributed by atoms with Crippen LogP contribution < -0.4 is 5.73 Å². The summed E-state index contributed by atoms with van der Waals surface area (Å²) in [5.74, 6) is 2.49. The molecule has 4 heteroatoms. The zero-order chi connectivity index (χ0) is 20.1. The van der Waals surface area contributed by atoms with Crippen LogP contribution >= 0.6 is 11.8 Å². The molecular weight excluding hydrogens is 376 g/mol. The second-order valence-corrected chi connectivity index (χ2v) is 11.3. The van der Waals surface area contributed by atoms with E-state index in [1.54, 1.807) is 0 Å². The molecule has 156 valence electrons. The Morgan fingerprint density at radius 1 is 1.17 bits per heavy atom. The fourth-order valence-electron chi connectivity index (χ4n) is 7.52. The SMILES string of the molecule is CSC1C2CC3(c4ccccc4)CC1C(C(=O)/N=C/C1CCC(CN)CC1)(C2)C3. The van der Waals surface area contributed by atoms with Crippen LogP contribution in [0.5, 0.6) is 0 Å². The summed E-state index contributed by atoms with van der Waals surface area (Å²) in [6, 6.07) is 11.0. The highest BCUT2D eigenvalue weighted by Gasteiger charge is 2.70. The molecule has 1 aromatic carbocycles. The molecular formula is C25H34N2OS. The van der Waals surface area contributed by atoms with Gasteiger partial charge in [-0.25, -0.2) is 4.99 Å². The minimum atomic E-state index is -0.211. The van der Waals surface area contributed by atoms with Crippen LogP contribution in [0.4, 0.5) is 0 Å². The molecule has 4 bridgehead atoms. The summed E-state index contributed by atoms with van der Waals surface area (Å²) in [6.45, 7) is 0.798. The van der Waals surface area contributed by atoms with E-state index in [2.05, 4.69) is 41.6 Å². The van der Waals surface area contributed by atoms with Crippen LogP contribution in [-0.2, 0) is 10.2 Å². The van der Waals surface area contributed by atoms with Gasteiger partial charge in [-0.1, -0.05) is 30.3 Å². The standard InChI is InChI=1S/C25H34N2OS/c1-29-22-19-11-24(20-5-3-2-4-6-20)13-21(22)25(12-19,16-24)23(28)27-15-18-9-7-17(14-26)8-10-18/h2-6,15,17-19,21-22H,7-14,16,26H2,1H3/b27-15+. The normalized spacial score (nSPS) is 43.3. The molecule has 29 heavy (non-hydrogen) atoms. The molecule has 5 fully saturated rings. The quantitative estimate of drug-likeness (QED) is 0.707. The van der Waals surface area contributed by atoms with Crippen molar-refractivity contribution in [1.82, 2.24) is 0 Å². The first-order chi connectivity index (χ1) is 14.1. The minimum Gasteiger partial charge on any atom is -0.330 e. The maximum Gasteiger partial charge on any atom is 0.251 e. The highest BCUT2D eigenvalue weighted by molar-refractivity contribution is 7.99. The zero-order valence-electron chi connectivity index (χ0n) is 17.6. The van der Waals surface area contributed by atoms with Crippen LogP contribution in [0.25, 0.3) is 0 Å². The summed E-state index contributed by atoms with van der Waals surface area (Å²) in [6.07, 6.45) is 13.4. The molecule has 6 rings (SSSR count). The van der Waals surface area contributed by atoms with E-state index in [0.29, 0.717) is 28.9 Å². The van der Waals surface area contributed by atoms with Crippen molar-refractivity contribution in [2.24, 2.45) is 39.8 Å². The molecule has 0 spiro atoms. The first-order valence-corrected chi connectivity index (χ1v) is 12.8. The maximum atomic E-state index is 13.6. The summed E-state index contributed by atoms with van der Waals surface area (Å²) < 4.78 is 0. The topological polar surface area (TPSA) is 55.5 Å². The molecule has 0 heterocycles. The largest absolute Gasteiger partial charge is 0.330 e. The predicted octanol–water partition coefficient (Wildman–Crippen LogP) is 4.84. The third kappa shape index (κ3) is 3.13. The third-order valence-corrected chi connectivity index (χ3v) is 10.1. The molecule has 5 aliphatic carbocycles. The smallest absolute Gasteiger partial charge is 0.251 e. The van der Waals surface area contributed by atoms with Gasteiger partial charge in [0.05, 0.1) is 5.41 Å². The lowest BCUT2D eigenvalue weighted by Crippen LogP contribution is -2.38. The minimum absolute atomic E-state index is 0.197. The zero-order valence-corrected chi connectivity index (χ0v) is 18.4. The van der Waals surface area contributed by atoms with Gasteiger partial charge in [0.1, 0.15) is 0 Å². The number of aliphatic imine (C=N–C) groups is 1. The molecule has 1 aromatic rings. The molecule has 5 aliphatic rings. The van der Waals surface area contributed by atoms with Crippen molar-refractivity contribution in [3.05, 3.63) is 35.9 Å². The Bertz CT molecular complexity index is 787. The molecule has 2 N–H and O–H groups in total. The van der Waals surface area contributed by atoms with E-state index >= 15 is 0 Å². The molecule has 5 unspecified atom stereocenters. The number of rotatable bonds is 5. The lowest BCUT2D eigenvalue weighted by molar-refractivity contribution is -0.129. The van der Waals surface area contributed by atoms with Gasteiger partial charge in [-0.15, -0.1) is 0 Å². The van der Waals surface area contributed by atoms with E-state index in [1.165, 1.54) is 31.2 Å². The molecule has 0 aromatic heterocycles. The Morgan fingerprint density at radius 3 is 2.62 bits per heavy atom. The fraction of sp³-hybridized carbons (Fsp3) is 0.680.